The normalized spacial score (nSPS) is 11.3. The lowest BCUT2D eigenvalue weighted by atomic mass is 10.1. The standard InChI is InChI=1S/C18H18FN5O2/c1-18(2,25)11-24-17(15-7-12(8-20)9-21-15)22-16(23-24)10-26-14-5-3-13(19)4-6-14/h3-7,9,21,25H,10-11H2,1-2H3. The Balaban J connectivity index is 1.85. The summed E-state index contributed by atoms with van der Waals surface area (Å²) in [6.45, 7) is 3.64. The summed E-state index contributed by atoms with van der Waals surface area (Å²) in [5, 5.41) is 23.5. The van der Waals surface area contributed by atoms with Crippen LogP contribution in [0.15, 0.2) is 36.5 Å². The van der Waals surface area contributed by atoms with Gasteiger partial charge in [-0.25, -0.2) is 14.1 Å². The molecule has 0 saturated carbocycles. The summed E-state index contributed by atoms with van der Waals surface area (Å²) in [4.78, 5) is 7.43. The fraction of sp³-hybridized carbons (Fsp3) is 0.278. The summed E-state index contributed by atoms with van der Waals surface area (Å²) in [6, 6.07) is 9.37. The summed E-state index contributed by atoms with van der Waals surface area (Å²) in [6.07, 6.45) is 1.58. The maximum atomic E-state index is 12.9. The quantitative estimate of drug-likeness (QED) is 0.708. The van der Waals surface area contributed by atoms with Crippen LogP contribution >= 0.6 is 0 Å². The first-order chi connectivity index (χ1) is 12.3. The van der Waals surface area contributed by atoms with Crippen LogP contribution in [0.1, 0.15) is 25.2 Å². The Morgan fingerprint density at radius 1 is 1.35 bits per heavy atom. The molecule has 0 atom stereocenters. The molecular weight excluding hydrogens is 337 g/mol. The predicted molar refractivity (Wildman–Crippen MR) is 91.6 cm³/mol. The number of nitrogens with one attached hydrogen (secondary N) is 1. The monoisotopic (exact) mass is 355 g/mol. The molecule has 8 heteroatoms. The van der Waals surface area contributed by atoms with Gasteiger partial charge in [-0.2, -0.15) is 10.4 Å². The van der Waals surface area contributed by atoms with E-state index in [1.807, 2.05) is 6.07 Å². The Morgan fingerprint density at radius 3 is 2.69 bits per heavy atom. The molecule has 2 aromatic heterocycles. The minimum atomic E-state index is -0.998. The number of nitriles is 1. The van der Waals surface area contributed by atoms with Crippen molar-refractivity contribution in [1.82, 2.24) is 19.7 Å². The van der Waals surface area contributed by atoms with Crippen molar-refractivity contribution in [1.29, 1.82) is 5.26 Å². The molecule has 7 nitrogen and oxygen atoms in total. The Morgan fingerprint density at radius 2 is 2.08 bits per heavy atom. The zero-order valence-electron chi connectivity index (χ0n) is 14.4. The van der Waals surface area contributed by atoms with Crippen molar-refractivity contribution < 1.29 is 14.2 Å². The van der Waals surface area contributed by atoms with Crippen molar-refractivity contribution in [2.24, 2.45) is 0 Å². The van der Waals surface area contributed by atoms with Crippen molar-refractivity contribution in [3.63, 3.8) is 0 Å². The second-order valence-electron chi connectivity index (χ2n) is 6.48. The topological polar surface area (TPSA) is 99.8 Å². The van der Waals surface area contributed by atoms with Gasteiger partial charge in [-0.1, -0.05) is 0 Å². The highest BCUT2D eigenvalue weighted by atomic mass is 19.1. The van der Waals surface area contributed by atoms with Crippen LogP contribution in [-0.4, -0.2) is 30.5 Å². The van der Waals surface area contributed by atoms with Crippen LogP contribution in [0.2, 0.25) is 0 Å². The van der Waals surface area contributed by atoms with Crippen LogP contribution in [0.4, 0.5) is 4.39 Å². The van der Waals surface area contributed by atoms with Crippen LogP contribution in [0.5, 0.6) is 5.75 Å². The molecule has 0 amide bonds. The van der Waals surface area contributed by atoms with Crippen LogP contribution < -0.4 is 4.74 Å². The lowest BCUT2D eigenvalue weighted by molar-refractivity contribution is 0.0579. The maximum absolute atomic E-state index is 12.9. The van der Waals surface area contributed by atoms with E-state index in [9.17, 15) is 9.50 Å². The van der Waals surface area contributed by atoms with E-state index in [4.69, 9.17) is 10.00 Å². The largest absolute Gasteiger partial charge is 0.486 e. The van der Waals surface area contributed by atoms with Crippen molar-refractivity contribution in [2.45, 2.75) is 32.6 Å². The summed E-state index contributed by atoms with van der Waals surface area (Å²) in [5.74, 6) is 1.05. The number of ether oxygens (including phenoxy) is 1. The highest BCUT2D eigenvalue weighted by Crippen LogP contribution is 2.20. The van der Waals surface area contributed by atoms with E-state index in [1.165, 1.54) is 24.3 Å². The highest BCUT2D eigenvalue weighted by Gasteiger charge is 2.20. The lowest BCUT2D eigenvalue weighted by Gasteiger charge is -2.17. The first-order valence-electron chi connectivity index (χ1n) is 7.97. The molecular formula is C18H18FN5O2. The molecule has 1 aromatic carbocycles. The van der Waals surface area contributed by atoms with E-state index < -0.39 is 5.60 Å². The Hall–Kier alpha value is -3.18. The van der Waals surface area contributed by atoms with Gasteiger partial charge in [-0.05, 0) is 44.2 Å². The van der Waals surface area contributed by atoms with Crippen molar-refractivity contribution >= 4 is 0 Å². The van der Waals surface area contributed by atoms with Crippen molar-refractivity contribution in [3.8, 4) is 23.3 Å². The minimum absolute atomic E-state index is 0.0866. The van der Waals surface area contributed by atoms with Crippen LogP contribution in [-0.2, 0) is 13.2 Å². The molecule has 0 saturated heterocycles. The molecule has 2 N–H and O–H groups in total. The van der Waals surface area contributed by atoms with Gasteiger partial charge in [0.05, 0.1) is 23.4 Å². The van der Waals surface area contributed by atoms with Crippen LogP contribution in [0, 0.1) is 17.1 Å². The molecule has 3 aromatic rings. The Bertz CT molecular complexity index is 932. The van der Waals surface area contributed by atoms with E-state index in [0.29, 0.717) is 28.7 Å². The predicted octanol–water partition coefficient (Wildman–Crippen LogP) is 2.63. The molecule has 0 aliphatic heterocycles. The molecule has 0 spiro atoms. The van der Waals surface area contributed by atoms with Crippen LogP contribution in [0.25, 0.3) is 11.5 Å². The van der Waals surface area contributed by atoms with Gasteiger partial charge in [0.25, 0.3) is 0 Å². The van der Waals surface area contributed by atoms with Gasteiger partial charge < -0.3 is 14.8 Å². The third-order valence-corrected chi connectivity index (χ3v) is 3.49. The number of H-pyrrole nitrogens is 1. The van der Waals surface area contributed by atoms with E-state index in [0.717, 1.165) is 0 Å². The summed E-state index contributed by atoms with van der Waals surface area (Å²) in [5.41, 5.74) is 0.0931. The molecule has 0 bridgehead atoms. The number of hydrogen-bond donors (Lipinski definition) is 2. The third kappa shape index (κ3) is 4.26. The molecule has 0 aliphatic rings. The maximum Gasteiger partial charge on any atom is 0.188 e. The number of rotatable bonds is 6. The third-order valence-electron chi connectivity index (χ3n) is 3.49. The van der Waals surface area contributed by atoms with Gasteiger partial charge in [0.1, 0.15) is 24.2 Å². The van der Waals surface area contributed by atoms with Gasteiger partial charge in [-0.3, -0.25) is 0 Å². The number of halogens is 1. The average molecular weight is 355 g/mol. The SMILES string of the molecule is CC(C)(O)Cn1nc(COc2ccc(F)cc2)nc1-c1cc(C#N)c[nH]1. The zero-order valence-corrected chi connectivity index (χ0v) is 14.4. The van der Waals surface area contributed by atoms with Gasteiger partial charge in [0, 0.05) is 6.20 Å². The smallest absolute Gasteiger partial charge is 0.188 e. The summed E-state index contributed by atoms with van der Waals surface area (Å²) >= 11 is 0. The summed E-state index contributed by atoms with van der Waals surface area (Å²) < 4.78 is 20.1. The average Bonchev–Trinajstić information content (AvgIpc) is 3.19. The molecule has 26 heavy (non-hydrogen) atoms. The molecule has 0 aliphatic carbocycles. The number of aliphatic hydroxyl groups is 1. The van der Waals surface area contributed by atoms with E-state index >= 15 is 0 Å². The molecule has 134 valence electrons. The van der Waals surface area contributed by atoms with Gasteiger partial charge in [0.15, 0.2) is 11.6 Å². The highest BCUT2D eigenvalue weighted by molar-refractivity contribution is 5.53. The van der Waals surface area contributed by atoms with E-state index in [-0.39, 0.29) is 19.0 Å². The van der Waals surface area contributed by atoms with Gasteiger partial charge in [0.2, 0.25) is 0 Å². The van der Waals surface area contributed by atoms with E-state index in [2.05, 4.69) is 15.1 Å². The second-order valence-corrected chi connectivity index (χ2v) is 6.48. The van der Waals surface area contributed by atoms with Crippen molar-refractivity contribution in [3.05, 3.63) is 53.7 Å². The molecule has 0 unspecified atom stereocenters. The van der Waals surface area contributed by atoms with E-state index in [1.54, 1.807) is 30.8 Å². The molecule has 2 heterocycles. The fourth-order valence-corrected chi connectivity index (χ4v) is 2.39. The minimum Gasteiger partial charge on any atom is -0.486 e. The molecule has 3 rings (SSSR count). The second kappa shape index (κ2) is 6.98. The Kier molecular flexibility index (Phi) is 4.73. The first kappa shape index (κ1) is 17.6. The lowest BCUT2D eigenvalue weighted by Crippen LogP contribution is -2.27. The zero-order chi connectivity index (χ0) is 18.7. The number of hydrogen-bond acceptors (Lipinski definition) is 5. The molecule has 0 fully saturated rings. The number of aromatic nitrogens is 4. The van der Waals surface area contributed by atoms with Gasteiger partial charge in [-0.15, -0.1) is 0 Å². The molecule has 0 radical (unpaired) electrons. The van der Waals surface area contributed by atoms with Crippen molar-refractivity contribution in [2.75, 3.05) is 0 Å². The van der Waals surface area contributed by atoms with Crippen LogP contribution in [0.3, 0.4) is 0 Å². The number of nitrogens with zero attached hydrogens (tertiary/aromatic N) is 4. The fourth-order valence-electron chi connectivity index (χ4n) is 2.39. The Labute approximate surface area is 149 Å². The van der Waals surface area contributed by atoms with Gasteiger partial charge >= 0.3 is 0 Å². The summed E-state index contributed by atoms with van der Waals surface area (Å²) in [7, 11) is 0. The number of aromatic amines is 1. The first-order valence-corrected chi connectivity index (χ1v) is 7.97. The number of benzene rings is 1.